The lowest BCUT2D eigenvalue weighted by atomic mass is 10.1. The van der Waals surface area contributed by atoms with Crippen LogP contribution >= 0.6 is 0 Å². The minimum atomic E-state index is -4.36. The van der Waals surface area contributed by atoms with Crippen LogP contribution in [0, 0.1) is 11.3 Å². The highest BCUT2D eigenvalue weighted by Crippen LogP contribution is 2.30. The Labute approximate surface area is 130 Å². The largest absolute Gasteiger partial charge is 0.416 e. The van der Waals surface area contributed by atoms with Crippen LogP contribution in [0.15, 0.2) is 54.6 Å². The molecule has 3 rings (SSSR count). The molecular formula is C18H11F3N2. The average Bonchev–Trinajstić information content (AvgIpc) is 2.96. The van der Waals surface area contributed by atoms with Gasteiger partial charge < -0.3 is 4.98 Å². The van der Waals surface area contributed by atoms with Crippen LogP contribution in [-0.2, 0) is 6.18 Å². The zero-order valence-corrected chi connectivity index (χ0v) is 11.9. The molecule has 5 heteroatoms. The Morgan fingerprint density at radius 3 is 2.35 bits per heavy atom. The first kappa shape index (κ1) is 14.9. The van der Waals surface area contributed by atoms with Crippen LogP contribution in [0.1, 0.15) is 16.8 Å². The second kappa shape index (κ2) is 5.65. The number of aromatic nitrogens is 1. The summed E-state index contributed by atoms with van der Waals surface area (Å²) < 4.78 is 37.7. The molecule has 0 radical (unpaired) electrons. The lowest BCUT2D eigenvalue weighted by Gasteiger charge is -2.06. The number of benzene rings is 2. The highest BCUT2D eigenvalue weighted by molar-refractivity contribution is 5.93. The molecule has 114 valence electrons. The Balaban J connectivity index is 1.97. The van der Waals surface area contributed by atoms with E-state index in [4.69, 9.17) is 0 Å². The molecule has 2 nitrogen and oxygen atoms in total. The Morgan fingerprint density at radius 1 is 1.04 bits per heavy atom. The van der Waals surface area contributed by atoms with Crippen LogP contribution in [0.4, 0.5) is 13.2 Å². The zero-order chi connectivity index (χ0) is 16.4. The molecule has 2 aromatic carbocycles. The van der Waals surface area contributed by atoms with Crippen molar-refractivity contribution < 1.29 is 13.2 Å². The van der Waals surface area contributed by atoms with Crippen LogP contribution in [0.3, 0.4) is 0 Å². The Hall–Kier alpha value is -3.00. The number of nitriles is 1. The summed E-state index contributed by atoms with van der Waals surface area (Å²) in [6, 6.07) is 16.2. The SMILES string of the molecule is N#C/C(=C\c1ccc(C(F)(F)F)cc1)c1cc2ccccc2[nH]1. The summed E-state index contributed by atoms with van der Waals surface area (Å²) in [5.74, 6) is 0. The summed E-state index contributed by atoms with van der Waals surface area (Å²) in [6.07, 6.45) is -2.80. The van der Waals surface area contributed by atoms with Gasteiger partial charge in [-0.25, -0.2) is 0 Å². The molecule has 0 saturated heterocycles. The van der Waals surface area contributed by atoms with E-state index in [1.165, 1.54) is 12.1 Å². The molecule has 0 aliphatic rings. The lowest BCUT2D eigenvalue weighted by Crippen LogP contribution is -2.03. The molecule has 1 N–H and O–H groups in total. The fourth-order valence-electron chi connectivity index (χ4n) is 2.32. The maximum Gasteiger partial charge on any atom is 0.416 e. The molecular weight excluding hydrogens is 301 g/mol. The number of hydrogen-bond acceptors (Lipinski definition) is 1. The van der Waals surface area contributed by atoms with Crippen LogP contribution in [0.25, 0.3) is 22.6 Å². The van der Waals surface area contributed by atoms with E-state index >= 15 is 0 Å². The summed E-state index contributed by atoms with van der Waals surface area (Å²) in [5.41, 5.74) is 1.72. The second-order valence-corrected chi connectivity index (χ2v) is 5.06. The van der Waals surface area contributed by atoms with Crippen LogP contribution < -0.4 is 0 Å². The predicted molar refractivity (Wildman–Crippen MR) is 83.2 cm³/mol. The molecule has 0 aliphatic carbocycles. The van der Waals surface area contributed by atoms with Gasteiger partial charge in [-0.1, -0.05) is 30.3 Å². The van der Waals surface area contributed by atoms with Gasteiger partial charge >= 0.3 is 6.18 Å². The molecule has 0 saturated carbocycles. The Bertz CT molecular complexity index is 877. The average molecular weight is 312 g/mol. The van der Waals surface area contributed by atoms with E-state index in [9.17, 15) is 18.4 Å². The number of fused-ring (bicyclic) bond motifs is 1. The van der Waals surface area contributed by atoms with Crippen molar-refractivity contribution in [3.8, 4) is 6.07 Å². The number of alkyl halides is 3. The molecule has 3 aromatic rings. The maximum atomic E-state index is 12.6. The number of halogens is 3. The van der Waals surface area contributed by atoms with Crippen molar-refractivity contribution >= 4 is 22.6 Å². The van der Waals surface area contributed by atoms with Gasteiger partial charge in [-0.15, -0.1) is 0 Å². The van der Waals surface area contributed by atoms with E-state index in [1.54, 1.807) is 6.08 Å². The fourth-order valence-corrected chi connectivity index (χ4v) is 2.32. The second-order valence-electron chi connectivity index (χ2n) is 5.06. The minimum Gasteiger partial charge on any atom is -0.354 e. The summed E-state index contributed by atoms with van der Waals surface area (Å²) >= 11 is 0. The Kier molecular flexibility index (Phi) is 3.67. The van der Waals surface area contributed by atoms with Crippen LogP contribution in [0.2, 0.25) is 0 Å². The van der Waals surface area contributed by atoms with Gasteiger partial charge in [0.2, 0.25) is 0 Å². The predicted octanol–water partition coefficient (Wildman–Crippen LogP) is 5.25. The minimum absolute atomic E-state index is 0.362. The third-order valence-corrected chi connectivity index (χ3v) is 3.49. The molecule has 0 atom stereocenters. The maximum absolute atomic E-state index is 12.6. The van der Waals surface area contributed by atoms with Gasteiger partial charge in [0.05, 0.1) is 16.8 Å². The van der Waals surface area contributed by atoms with Gasteiger partial charge in [-0.3, -0.25) is 0 Å². The number of nitrogens with one attached hydrogen (secondary N) is 1. The summed E-state index contributed by atoms with van der Waals surface area (Å²) in [6.45, 7) is 0. The molecule has 1 aromatic heterocycles. The van der Waals surface area contributed by atoms with Gasteiger partial charge in [-0.2, -0.15) is 18.4 Å². The quantitative estimate of drug-likeness (QED) is 0.645. The van der Waals surface area contributed by atoms with Crippen LogP contribution in [0.5, 0.6) is 0 Å². The number of allylic oxidation sites excluding steroid dienone is 1. The number of para-hydroxylation sites is 1. The van der Waals surface area contributed by atoms with Crippen molar-refractivity contribution in [2.24, 2.45) is 0 Å². The number of rotatable bonds is 2. The highest BCUT2D eigenvalue weighted by atomic mass is 19.4. The lowest BCUT2D eigenvalue weighted by molar-refractivity contribution is -0.137. The van der Waals surface area contributed by atoms with E-state index in [0.717, 1.165) is 23.0 Å². The molecule has 0 aliphatic heterocycles. The van der Waals surface area contributed by atoms with Crippen molar-refractivity contribution in [3.05, 3.63) is 71.4 Å². The van der Waals surface area contributed by atoms with E-state index in [1.807, 2.05) is 30.3 Å². The molecule has 0 spiro atoms. The summed E-state index contributed by atoms with van der Waals surface area (Å²) in [7, 11) is 0. The van der Waals surface area contributed by atoms with Crippen molar-refractivity contribution in [2.75, 3.05) is 0 Å². The Morgan fingerprint density at radius 2 is 1.74 bits per heavy atom. The topological polar surface area (TPSA) is 39.6 Å². The molecule has 23 heavy (non-hydrogen) atoms. The molecule has 0 unspecified atom stereocenters. The number of aromatic amines is 1. The van der Waals surface area contributed by atoms with Gasteiger partial charge in [0.1, 0.15) is 6.07 Å². The summed E-state index contributed by atoms with van der Waals surface area (Å²) in [4.78, 5) is 3.13. The monoisotopic (exact) mass is 312 g/mol. The fraction of sp³-hybridized carbons (Fsp3) is 0.0556. The van der Waals surface area contributed by atoms with Gasteiger partial charge in [0.15, 0.2) is 0 Å². The first-order valence-corrected chi connectivity index (χ1v) is 6.84. The van der Waals surface area contributed by atoms with Crippen molar-refractivity contribution in [2.45, 2.75) is 6.18 Å². The third-order valence-electron chi connectivity index (χ3n) is 3.49. The van der Waals surface area contributed by atoms with Crippen LogP contribution in [-0.4, -0.2) is 4.98 Å². The number of H-pyrrole nitrogens is 1. The van der Waals surface area contributed by atoms with Crippen molar-refractivity contribution in [1.29, 1.82) is 5.26 Å². The van der Waals surface area contributed by atoms with E-state index in [0.29, 0.717) is 16.8 Å². The van der Waals surface area contributed by atoms with Gasteiger partial charge in [0, 0.05) is 10.9 Å². The standard InChI is InChI=1S/C18H11F3N2/c19-18(20,21)15-7-5-12(6-8-15)9-14(11-22)17-10-13-3-1-2-4-16(13)23-17/h1-10,23H/b14-9+. The first-order chi connectivity index (χ1) is 11.0. The molecule has 0 fully saturated rings. The smallest absolute Gasteiger partial charge is 0.354 e. The number of nitrogens with zero attached hydrogens (tertiary/aromatic N) is 1. The van der Waals surface area contributed by atoms with Gasteiger partial charge in [0.25, 0.3) is 0 Å². The van der Waals surface area contributed by atoms with E-state index in [-0.39, 0.29) is 0 Å². The molecule has 0 bridgehead atoms. The van der Waals surface area contributed by atoms with E-state index < -0.39 is 11.7 Å². The molecule has 0 amide bonds. The first-order valence-electron chi connectivity index (χ1n) is 6.84. The number of hydrogen-bond donors (Lipinski definition) is 1. The molecule has 1 heterocycles. The van der Waals surface area contributed by atoms with E-state index in [2.05, 4.69) is 11.1 Å². The summed E-state index contributed by atoms with van der Waals surface area (Å²) in [5, 5.41) is 10.3. The van der Waals surface area contributed by atoms with Gasteiger partial charge in [-0.05, 0) is 35.9 Å². The zero-order valence-electron chi connectivity index (χ0n) is 11.9. The highest BCUT2D eigenvalue weighted by Gasteiger charge is 2.29. The normalized spacial score (nSPS) is 12.3. The van der Waals surface area contributed by atoms with Crippen molar-refractivity contribution in [1.82, 2.24) is 4.98 Å². The van der Waals surface area contributed by atoms with Crippen molar-refractivity contribution in [3.63, 3.8) is 0 Å². The third kappa shape index (κ3) is 3.11.